The fraction of sp³-hybridized carbons (Fsp3) is 0.304. The van der Waals surface area contributed by atoms with Gasteiger partial charge in [0.2, 0.25) is 0 Å². The number of aromatic nitrogens is 2. The van der Waals surface area contributed by atoms with E-state index in [4.69, 9.17) is 9.72 Å². The second kappa shape index (κ2) is 7.72. The summed E-state index contributed by atoms with van der Waals surface area (Å²) in [7, 11) is 0. The molecule has 0 atom stereocenters. The standard InChI is InChI=1S/C23H25N5O/c1-17-24-22(16-23(25-17)28-11-10-18-6-2-4-8-20(18)28)26-19-7-3-5-9-21(19)27-12-14-29-15-13-27/h2-9,16H,10-15H2,1H3,(H,24,25,26). The zero-order chi connectivity index (χ0) is 19.6. The van der Waals surface area contributed by atoms with Gasteiger partial charge in [-0.3, -0.25) is 0 Å². The predicted molar refractivity (Wildman–Crippen MR) is 117 cm³/mol. The first-order chi connectivity index (χ1) is 14.3. The smallest absolute Gasteiger partial charge is 0.138 e. The summed E-state index contributed by atoms with van der Waals surface area (Å²) >= 11 is 0. The molecule has 0 aliphatic carbocycles. The van der Waals surface area contributed by atoms with Crippen LogP contribution in [-0.4, -0.2) is 42.8 Å². The molecular weight excluding hydrogens is 362 g/mol. The maximum absolute atomic E-state index is 5.51. The molecule has 6 heteroatoms. The van der Waals surface area contributed by atoms with Gasteiger partial charge >= 0.3 is 0 Å². The molecule has 3 heterocycles. The number of fused-ring (bicyclic) bond motifs is 1. The third kappa shape index (κ3) is 3.63. The van der Waals surface area contributed by atoms with Crippen LogP contribution >= 0.6 is 0 Å². The van der Waals surface area contributed by atoms with Crippen molar-refractivity contribution in [3.8, 4) is 0 Å². The number of benzene rings is 2. The number of aryl methyl sites for hydroxylation is 1. The molecule has 0 unspecified atom stereocenters. The lowest BCUT2D eigenvalue weighted by molar-refractivity contribution is 0.123. The molecule has 0 spiro atoms. The normalized spacial score (nSPS) is 16.0. The highest BCUT2D eigenvalue weighted by atomic mass is 16.5. The van der Waals surface area contributed by atoms with Gasteiger partial charge in [0, 0.05) is 31.4 Å². The van der Waals surface area contributed by atoms with Gasteiger partial charge in [0.1, 0.15) is 17.5 Å². The molecule has 1 aromatic heterocycles. The number of nitrogens with zero attached hydrogens (tertiary/aromatic N) is 4. The second-order valence-electron chi connectivity index (χ2n) is 7.43. The Hall–Kier alpha value is -3.12. The number of anilines is 5. The van der Waals surface area contributed by atoms with Gasteiger partial charge in [-0.25, -0.2) is 9.97 Å². The average Bonchev–Trinajstić information content (AvgIpc) is 3.19. The second-order valence-corrected chi connectivity index (χ2v) is 7.43. The molecule has 1 saturated heterocycles. The first-order valence-electron chi connectivity index (χ1n) is 10.2. The molecule has 0 radical (unpaired) electrons. The van der Waals surface area contributed by atoms with Crippen molar-refractivity contribution < 1.29 is 4.74 Å². The van der Waals surface area contributed by atoms with Gasteiger partial charge in [0.15, 0.2) is 0 Å². The zero-order valence-corrected chi connectivity index (χ0v) is 16.6. The Balaban J connectivity index is 1.45. The van der Waals surface area contributed by atoms with E-state index in [1.54, 1.807) is 0 Å². The topological polar surface area (TPSA) is 53.5 Å². The fourth-order valence-corrected chi connectivity index (χ4v) is 4.13. The lowest BCUT2D eigenvalue weighted by Gasteiger charge is -2.30. The highest BCUT2D eigenvalue weighted by Crippen LogP contribution is 2.35. The number of rotatable bonds is 4. The minimum atomic E-state index is 0.762. The Morgan fingerprint density at radius 2 is 1.66 bits per heavy atom. The lowest BCUT2D eigenvalue weighted by atomic mass is 10.2. The van der Waals surface area contributed by atoms with Gasteiger partial charge in [0.05, 0.1) is 24.6 Å². The summed E-state index contributed by atoms with van der Waals surface area (Å²) in [6, 6.07) is 19.0. The Morgan fingerprint density at radius 1 is 0.897 bits per heavy atom. The lowest BCUT2D eigenvalue weighted by Crippen LogP contribution is -2.36. The maximum Gasteiger partial charge on any atom is 0.138 e. The number of morpholine rings is 1. The molecule has 29 heavy (non-hydrogen) atoms. The molecule has 6 nitrogen and oxygen atoms in total. The van der Waals surface area contributed by atoms with E-state index in [2.05, 4.69) is 68.6 Å². The summed E-state index contributed by atoms with van der Waals surface area (Å²) in [5, 5.41) is 3.54. The van der Waals surface area contributed by atoms with Gasteiger partial charge in [-0.1, -0.05) is 30.3 Å². The fourth-order valence-electron chi connectivity index (χ4n) is 4.13. The van der Waals surface area contributed by atoms with Crippen molar-refractivity contribution in [2.45, 2.75) is 13.3 Å². The number of nitrogens with one attached hydrogen (secondary N) is 1. The van der Waals surface area contributed by atoms with Crippen molar-refractivity contribution in [2.24, 2.45) is 0 Å². The van der Waals surface area contributed by atoms with Crippen LogP contribution in [0.5, 0.6) is 0 Å². The van der Waals surface area contributed by atoms with E-state index < -0.39 is 0 Å². The monoisotopic (exact) mass is 387 g/mol. The first-order valence-corrected chi connectivity index (χ1v) is 10.2. The molecule has 0 bridgehead atoms. The van der Waals surface area contributed by atoms with Crippen LogP contribution < -0.4 is 15.1 Å². The van der Waals surface area contributed by atoms with Crippen LogP contribution in [0.4, 0.5) is 28.7 Å². The van der Waals surface area contributed by atoms with Crippen molar-refractivity contribution in [1.29, 1.82) is 0 Å². The van der Waals surface area contributed by atoms with Crippen LogP contribution in [0.1, 0.15) is 11.4 Å². The van der Waals surface area contributed by atoms with Crippen LogP contribution in [0.25, 0.3) is 0 Å². The summed E-state index contributed by atoms with van der Waals surface area (Å²) in [6.45, 7) is 6.22. The number of para-hydroxylation sites is 3. The molecule has 3 aromatic rings. The molecule has 2 aliphatic rings. The van der Waals surface area contributed by atoms with Crippen LogP contribution in [-0.2, 0) is 11.2 Å². The minimum absolute atomic E-state index is 0.762. The van der Waals surface area contributed by atoms with Crippen molar-refractivity contribution in [2.75, 3.05) is 48.0 Å². The van der Waals surface area contributed by atoms with E-state index in [0.717, 1.165) is 62.4 Å². The summed E-state index contributed by atoms with van der Waals surface area (Å²) in [6.07, 6.45) is 1.04. The van der Waals surface area contributed by atoms with Crippen LogP contribution in [0.3, 0.4) is 0 Å². The molecule has 0 amide bonds. The SMILES string of the molecule is Cc1nc(Nc2ccccc2N2CCOCC2)cc(N2CCc3ccccc32)n1. The van der Waals surface area contributed by atoms with Gasteiger partial charge < -0.3 is 19.9 Å². The highest BCUT2D eigenvalue weighted by Gasteiger charge is 2.22. The summed E-state index contributed by atoms with van der Waals surface area (Å²) < 4.78 is 5.51. The molecular formula is C23H25N5O. The van der Waals surface area contributed by atoms with Gasteiger partial charge in [0.25, 0.3) is 0 Å². The molecule has 0 saturated carbocycles. The number of hydrogen-bond donors (Lipinski definition) is 1. The Labute approximate surface area is 171 Å². The van der Waals surface area contributed by atoms with E-state index in [9.17, 15) is 0 Å². The van der Waals surface area contributed by atoms with E-state index in [1.165, 1.54) is 16.9 Å². The molecule has 1 N–H and O–H groups in total. The number of hydrogen-bond acceptors (Lipinski definition) is 6. The van der Waals surface area contributed by atoms with Gasteiger partial charge in [-0.05, 0) is 37.1 Å². The first kappa shape index (κ1) is 17.9. The molecule has 2 aromatic carbocycles. The van der Waals surface area contributed by atoms with Crippen LogP contribution in [0.15, 0.2) is 54.6 Å². The minimum Gasteiger partial charge on any atom is -0.378 e. The average molecular weight is 387 g/mol. The Morgan fingerprint density at radius 3 is 2.52 bits per heavy atom. The third-order valence-corrected chi connectivity index (χ3v) is 5.51. The Bertz CT molecular complexity index is 1020. The van der Waals surface area contributed by atoms with E-state index >= 15 is 0 Å². The zero-order valence-electron chi connectivity index (χ0n) is 16.6. The van der Waals surface area contributed by atoms with Crippen molar-refractivity contribution in [1.82, 2.24) is 9.97 Å². The molecule has 148 valence electrons. The maximum atomic E-state index is 5.51. The van der Waals surface area contributed by atoms with E-state index in [-0.39, 0.29) is 0 Å². The van der Waals surface area contributed by atoms with Crippen molar-refractivity contribution >= 4 is 28.7 Å². The number of ether oxygens (including phenoxy) is 1. The van der Waals surface area contributed by atoms with E-state index in [0.29, 0.717) is 0 Å². The molecule has 5 rings (SSSR count). The van der Waals surface area contributed by atoms with Gasteiger partial charge in [-0.2, -0.15) is 0 Å². The van der Waals surface area contributed by atoms with Crippen molar-refractivity contribution in [3.63, 3.8) is 0 Å². The Kier molecular flexibility index (Phi) is 4.77. The predicted octanol–water partition coefficient (Wildman–Crippen LogP) is 4.06. The van der Waals surface area contributed by atoms with Crippen molar-refractivity contribution in [3.05, 3.63) is 66.0 Å². The van der Waals surface area contributed by atoms with E-state index in [1.807, 2.05) is 13.0 Å². The van der Waals surface area contributed by atoms with Crippen LogP contribution in [0.2, 0.25) is 0 Å². The highest BCUT2D eigenvalue weighted by molar-refractivity contribution is 5.76. The molecule has 2 aliphatic heterocycles. The largest absolute Gasteiger partial charge is 0.378 e. The van der Waals surface area contributed by atoms with Gasteiger partial charge in [-0.15, -0.1) is 0 Å². The third-order valence-electron chi connectivity index (χ3n) is 5.51. The summed E-state index contributed by atoms with van der Waals surface area (Å²) in [5.74, 6) is 2.52. The quantitative estimate of drug-likeness (QED) is 0.729. The van der Waals surface area contributed by atoms with Crippen LogP contribution in [0, 0.1) is 6.92 Å². The molecule has 1 fully saturated rings. The summed E-state index contributed by atoms with van der Waals surface area (Å²) in [5.41, 5.74) is 4.85. The summed E-state index contributed by atoms with van der Waals surface area (Å²) in [4.78, 5) is 14.0.